The minimum atomic E-state index is -4.84. The zero-order chi connectivity index (χ0) is 15.1. The summed E-state index contributed by atoms with van der Waals surface area (Å²) in [6.07, 6.45) is 5.53. The average molecular weight is 330 g/mol. The van der Waals surface area contributed by atoms with Crippen molar-refractivity contribution in [2.75, 3.05) is 6.61 Å². The molecule has 0 fully saturated rings. The molecule has 0 saturated heterocycles. The van der Waals surface area contributed by atoms with Crippen LogP contribution in [0.4, 0.5) is 0 Å². The Bertz CT molecular complexity index is 435. The molecule has 1 atom stereocenters. The summed E-state index contributed by atoms with van der Waals surface area (Å²) in [7, 11) is -4.84. The van der Waals surface area contributed by atoms with Crippen LogP contribution in [0.25, 0.3) is 0 Å². The standard InChI is InChI=1S/C10H20O6P2S/c1-9(2)5-4-6-10(3)7-8-15-18(14,19)16-17(11,12)13/h5,7H,4,6,8H2,1-3H3,(H,14,19)(H2,11,12,13)/b10-7+. The Labute approximate surface area is 118 Å². The van der Waals surface area contributed by atoms with E-state index in [0.29, 0.717) is 0 Å². The van der Waals surface area contributed by atoms with Gasteiger partial charge in [-0.3, -0.25) is 0 Å². The summed E-state index contributed by atoms with van der Waals surface area (Å²) < 4.78 is 19.3. The summed E-state index contributed by atoms with van der Waals surface area (Å²) in [5.41, 5.74) is 2.27. The molecular formula is C10H20O6P2S. The lowest BCUT2D eigenvalue weighted by molar-refractivity contribution is 0.232. The van der Waals surface area contributed by atoms with Crippen molar-refractivity contribution in [2.45, 2.75) is 33.6 Å². The molecule has 3 N–H and O–H groups in total. The fourth-order valence-corrected chi connectivity index (χ4v) is 3.61. The Morgan fingerprint density at radius 3 is 2.26 bits per heavy atom. The average Bonchev–Trinajstić information content (AvgIpc) is 2.12. The van der Waals surface area contributed by atoms with Crippen LogP contribution in [0, 0.1) is 0 Å². The molecule has 9 heteroatoms. The zero-order valence-corrected chi connectivity index (χ0v) is 13.8. The lowest BCUT2D eigenvalue weighted by Crippen LogP contribution is -1.94. The molecule has 112 valence electrons. The maximum absolute atomic E-state index is 10.5. The maximum atomic E-state index is 10.5. The third kappa shape index (κ3) is 12.9. The summed E-state index contributed by atoms with van der Waals surface area (Å²) in [5, 5.41) is 0. The van der Waals surface area contributed by atoms with E-state index in [1.807, 2.05) is 20.8 Å². The van der Waals surface area contributed by atoms with Gasteiger partial charge in [0, 0.05) is 0 Å². The fourth-order valence-electron chi connectivity index (χ4n) is 1.12. The first-order valence-corrected chi connectivity index (χ1v) is 9.67. The number of rotatable bonds is 8. The predicted octanol–water partition coefficient (Wildman–Crippen LogP) is 3.02. The zero-order valence-electron chi connectivity index (χ0n) is 11.1. The Hall–Kier alpha value is 0.160. The van der Waals surface area contributed by atoms with Crippen LogP contribution in [0.15, 0.2) is 23.3 Å². The highest BCUT2D eigenvalue weighted by Crippen LogP contribution is 2.57. The van der Waals surface area contributed by atoms with Crippen LogP contribution in [-0.4, -0.2) is 21.3 Å². The Morgan fingerprint density at radius 1 is 1.21 bits per heavy atom. The molecule has 0 aliphatic carbocycles. The van der Waals surface area contributed by atoms with E-state index >= 15 is 0 Å². The number of allylic oxidation sites excluding steroid dienone is 3. The number of phosphoric acid groups is 1. The minimum absolute atomic E-state index is 0.0472. The van der Waals surface area contributed by atoms with E-state index in [2.05, 4.69) is 22.2 Å². The van der Waals surface area contributed by atoms with Gasteiger partial charge in [0.1, 0.15) is 0 Å². The van der Waals surface area contributed by atoms with Gasteiger partial charge in [-0.05, 0) is 45.4 Å². The van der Waals surface area contributed by atoms with Crippen molar-refractivity contribution in [1.82, 2.24) is 0 Å². The van der Waals surface area contributed by atoms with E-state index < -0.39 is 14.5 Å². The van der Waals surface area contributed by atoms with Gasteiger partial charge >= 0.3 is 14.5 Å². The van der Waals surface area contributed by atoms with Crippen molar-refractivity contribution in [1.29, 1.82) is 0 Å². The van der Waals surface area contributed by atoms with Crippen LogP contribution < -0.4 is 0 Å². The van der Waals surface area contributed by atoms with Gasteiger partial charge in [0.05, 0.1) is 6.61 Å². The summed E-state index contributed by atoms with van der Waals surface area (Å²) in [5.74, 6) is 0. The number of hydrogen-bond donors (Lipinski definition) is 3. The van der Waals surface area contributed by atoms with Crippen LogP contribution >= 0.6 is 14.5 Å². The molecule has 0 aliphatic heterocycles. The highest BCUT2D eigenvalue weighted by molar-refractivity contribution is 8.08. The van der Waals surface area contributed by atoms with Crippen molar-refractivity contribution in [2.24, 2.45) is 0 Å². The van der Waals surface area contributed by atoms with E-state index in [4.69, 9.17) is 14.3 Å². The van der Waals surface area contributed by atoms with Crippen molar-refractivity contribution in [3.05, 3.63) is 23.3 Å². The summed E-state index contributed by atoms with van der Waals surface area (Å²) in [6, 6.07) is 0. The molecule has 0 spiro atoms. The topological polar surface area (TPSA) is 96.2 Å². The van der Waals surface area contributed by atoms with Crippen LogP contribution in [0.2, 0.25) is 0 Å². The number of hydrogen-bond acceptors (Lipinski definition) is 4. The third-order valence-electron chi connectivity index (χ3n) is 1.97. The lowest BCUT2D eigenvalue weighted by atomic mass is 10.1. The molecular weight excluding hydrogens is 310 g/mol. The first-order valence-electron chi connectivity index (χ1n) is 5.55. The molecule has 0 radical (unpaired) electrons. The summed E-state index contributed by atoms with van der Waals surface area (Å²) in [6.45, 7) is 1.98. The second-order valence-electron chi connectivity index (χ2n) is 4.21. The molecule has 19 heavy (non-hydrogen) atoms. The van der Waals surface area contributed by atoms with Gasteiger partial charge in [-0.25, -0.2) is 8.88 Å². The molecule has 0 bridgehead atoms. The largest absolute Gasteiger partial charge is 0.476 e. The Kier molecular flexibility index (Phi) is 8.52. The quantitative estimate of drug-likeness (QED) is 0.465. The molecule has 0 aromatic carbocycles. The van der Waals surface area contributed by atoms with Crippen LogP contribution in [0.1, 0.15) is 33.6 Å². The smallest absolute Gasteiger partial charge is 0.324 e. The van der Waals surface area contributed by atoms with Gasteiger partial charge in [0.25, 0.3) is 0 Å². The minimum Gasteiger partial charge on any atom is -0.324 e. The van der Waals surface area contributed by atoms with Crippen LogP contribution in [-0.2, 0) is 25.2 Å². The molecule has 0 saturated carbocycles. The van der Waals surface area contributed by atoms with E-state index in [1.165, 1.54) is 5.57 Å². The SMILES string of the molecule is CC(C)=CCC/C(C)=C/COP(O)(=S)OP(=O)(O)O. The summed E-state index contributed by atoms with van der Waals surface area (Å²) in [4.78, 5) is 26.4. The van der Waals surface area contributed by atoms with E-state index in [1.54, 1.807) is 6.08 Å². The predicted molar refractivity (Wildman–Crippen MR) is 78.0 cm³/mol. The molecule has 0 heterocycles. The van der Waals surface area contributed by atoms with Gasteiger partial charge in [0.15, 0.2) is 0 Å². The molecule has 1 unspecified atom stereocenters. The van der Waals surface area contributed by atoms with Gasteiger partial charge in [0.2, 0.25) is 0 Å². The van der Waals surface area contributed by atoms with Crippen LogP contribution in [0.3, 0.4) is 0 Å². The monoisotopic (exact) mass is 330 g/mol. The second kappa shape index (κ2) is 8.45. The van der Waals surface area contributed by atoms with Crippen molar-refractivity contribution in [3.63, 3.8) is 0 Å². The second-order valence-corrected chi connectivity index (χ2v) is 8.42. The first-order chi connectivity index (χ1) is 8.52. The molecule has 0 aliphatic rings. The fraction of sp³-hybridized carbons (Fsp3) is 0.600. The Morgan fingerprint density at radius 2 is 1.79 bits per heavy atom. The third-order valence-corrected chi connectivity index (χ3v) is 5.04. The van der Waals surface area contributed by atoms with E-state index in [0.717, 1.165) is 18.4 Å². The van der Waals surface area contributed by atoms with Gasteiger partial charge < -0.3 is 19.2 Å². The van der Waals surface area contributed by atoms with Crippen molar-refractivity contribution >= 4 is 26.3 Å². The Balaban J connectivity index is 4.16. The van der Waals surface area contributed by atoms with E-state index in [-0.39, 0.29) is 6.61 Å². The van der Waals surface area contributed by atoms with Gasteiger partial charge in [-0.2, -0.15) is 0 Å². The molecule has 6 nitrogen and oxygen atoms in total. The lowest BCUT2D eigenvalue weighted by Gasteiger charge is -2.14. The molecule has 0 amide bonds. The molecule has 0 rings (SSSR count). The van der Waals surface area contributed by atoms with E-state index in [9.17, 15) is 9.46 Å². The molecule has 0 aromatic heterocycles. The highest BCUT2D eigenvalue weighted by Gasteiger charge is 2.27. The van der Waals surface area contributed by atoms with Crippen LogP contribution in [0.5, 0.6) is 0 Å². The highest BCUT2D eigenvalue weighted by atomic mass is 32.5. The van der Waals surface area contributed by atoms with Crippen molar-refractivity contribution in [3.8, 4) is 0 Å². The van der Waals surface area contributed by atoms with Crippen molar-refractivity contribution < 1.29 is 28.1 Å². The summed E-state index contributed by atoms with van der Waals surface area (Å²) >= 11 is 4.46. The van der Waals surface area contributed by atoms with Gasteiger partial charge in [-0.15, -0.1) is 0 Å². The van der Waals surface area contributed by atoms with Gasteiger partial charge in [-0.1, -0.05) is 23.3 Å². The normalized spacial score (nSPS) is 16.0. The first kappa shape index (κ1) is 19.2. The maximum Gasteiger partial charge on any atom is 0.476 e. The molecule has 0 aromatic rings.